The second kappa shape index (κ2) is 7.66. The van der Waals surface area contributed by atoms with Crippen molar-refractivity contribution in [2.45, 2.75) is 19.8 Å². The van der Waals surface area contributed by atoms with Gasteiger partial charge in [-0.25, -0.2) is 0 Å². The van der Waals surface area contributed by atoms with E-state index in [-0.39, 0.29) is 12.5 Å². The Morgan fingerprint density at radius 1 is 1.08 bits per heavy atom. The predicted molar refractivity (Wildman–Crippen MR) is 92.0 cm³/mol. The lowest BCUT2D eigenvalue weighted by Gasteiger charge is -2.27. The summed E-state index contributed by atoms with van der Waals surface area (Å²) in [5.41, 5.74) is 1.76. The Hall–Kier alpha value is -3.08. The molecule has 3 rings (SSSR count). The third-order valence-electron chi connectivity index (χ3n) is 3.81. The molecule has 1 heterocycles. The third-order valence-corrected chi connectivity index (χ3v) is 3.81. The first-order valence-electron chi connectivity index (χ1n) is 8.03. The predicted octanol–water partition coefficient (Wildman–Crippen LogP) is 3.19. The van der Waals surface area contributed by atoms with Crippen LogP contribution in [0.25, 0.3) is 0 Å². The van der Waals surface area contributed by atoms with E-state index in [0.717, 1.165) is 11.1 Å². The fourth-order valence-corrected chi connectivity index (χ4v) is 2.63. The maximum atomic E-state index is 12.4. The second-order valence-electron chi connectivity index (χ2n) is 5.72. The minimum Gasteiger partial charge on any atom is -0.491 e. The van der Waals surface area contributed by atoms with Crippen LogP contribution in [0.2, 0.25) is 0 Å². The normalized spacial score (nSPS) is 14.8. The zero-order valence-electron chi connectivity index (χ0n) is 13.9. The minimum atomic E-state index is -0.764. The SMILES string of the molecule is CC(=O)OC(c1ccccc1)N1CC(OCc2ccccc2)=CC1=O. The van der Waals surface area contributed by atoms with E-state index in [9.17, 15) is 9.59 Å². The molecular weight excluding hydrogens is 318 g/mol. The van der Waals surface area contributed by atoms with Crippen molar-refractivity contribution in [1.29, 1.82) is 0 Å². The fraction of sp³-hybridized carbons (Fsp3) is 0.200. The van der Waals surface area contributed by atoms with Gasteiger partial charge in [0.15, 0.2) is 0 Å². The molecule has 1 aliphatic heterocycles. The summed E-state index contributed by atoms with van der Waals surface area (Å²) >= 11 is 0. The molecular formula is C20H19NO4. The van der Waals surface area contributed by atoms with Crippen molar-refractivity contribution in [2.24, 2.45) is 0 Å². The number of benzene rings is 2. The number of hydrogen-bond acceptors (Lipinski definition) is 4. The lowest BCUT2D eigenvalue weighted by molar-refractivity contribution is -0.161. The minimum absolute atomic E-state index is 0.238. The van der Waals surface area contributed by atoms with Gasteiger partial charge in [-0.1, -0.05) is 60.7 Å². The molecule has 0 bridgehead atoms. The zero-order valence-corrected chi connectivity index (χ0v) is 13.9. The molecule has 0 fully saturated rings. The van der Waals surface area contributed by atoms with Gasteiger partial charge < -0.3 is 9.47 Å². The van der Waals surface area contributed by atoms with Crippen molar-refractivity contribution in [3.05, 3.63) is 83.6 Å². The van der Waals surface area contributed by atoms with Gasteiger partial charge in [-0.2, -0.15) is 0 Å². The maximum Gasteiger partial charge on any atom is 0.304 e. The number of nitrogens with zero attached hydrogens (tertiary/aromatic N) is 1. The summed E-state index contributed by atoms with van der Waals surface area (Å²) in [4.78, 5) is 25.3. The van der Waals surface area contributed by atoms with Crippen LogP contribution in [0.5, 0.6) is 0 Å². The van der Waals surface area contributed by atoms with Gasteiger partial charge in [0, 0.05) is 18.6 Å². The zero-order chi connectivity index (χ0) is 17.6. The molecule has 2 aromatic rings. The van der Waals surface area contributed by atoms with Gasteiger partial charge in [0.2, 0.25) is 6.23 Å². The third kappa shape index (κ3) is 4.26. The van der Waals surface area contributed by atoms with Gasteiger partial charge in [0.25, 0.3) is 5.91 Å². The second-order valence-corrected chi connectivity index (χ2v) is 5.72. The van der Waals surface area contributed by atoms with Crippen LogP contribution in [0.3, 0.4) is 0 Å². The van der Waals surface area contributed by atoms with Crippen LogP contribution in [-0.4, -0.2) is 23.3 Å². The summed E-state index contributed by atoms with van der Waals surface area (Å²) in [6.45, 7) is 1.98. The van der Waals surface area contributed by atoms with Crippen molar-refractivity contribution in [1.82, 2.24) is 4.90 Å². The number of esters is 1. The standard InChI is InChI=1S/C20H19NO4/c1-15(22)25-20(17-10-6-3-7-11-17)21-13-18(12-19(21)23)24-14-16-8-4-2-5-9-16/h2-12,20H,13-14H2,1H3. The van der Waals surface area contributed by atoms with Crippen molar-refractivity contribution >= 4 is 11.9 Å². The highest BCUT2D eigenvalue weighted by molar-refractivity contribution is 5.91. The Balaban J connectivity index is 1.70. The van der Waals surface area contributed by atoms with Gasteiger partial charge in [0.05, 0.1) is 6.54 Å². The van der Waals surface area contributed by atoms with E-state index in [4.69, 9.17) is 9.47 Å². The molecule has 1 atom stereocenters. The summed E-state index contributed by atoms with van der Waals surface area (Å²) in [5, 5.41) is 0. The quantitative estimate of drug-likeness (QED) is 0.760. The number of carbonyl (C=O) groups excluding carboxylic acids is 2. The van der Waals surface area contributed by atoms with E-state index < -0.39 is 12.2 Å². The van der Waals surface area contributed by atoms with Gasteiger partial charge in [-0.3, -0.25) is 14.5 Å². The Kier molecular flexibility index (Phi) is 5.14. The molecule has 128 valence electrons. The molecule has 0 radical (unpaired) electrons. The van der Waals surface area contributed by atoms with E-state index >= 15 is 0 Å². The first kappa shape index (κ1) is 16.8. The smallest absolute Gasteiger partial charge is 0.304 e. The van der Waals surface area contributed by atoms with Crippen molar-refractivity contribution in [3.8, 4) is 0 Å². The summed E-state index contributed by atoms with van der Waals surface area (Å²) in [7, 11) is 0. The Labute approximate surface area is 146 Å². The topological polar surface area (TPSA) is 55.8 Å². The lowest BCUT2D eigenvalue weighted by Crippen LogP contribution is -2.33. The maximum absolute atomic E-state index is 12.4. The van der Waals surface area contributed by atoms with Gasteiger partial charge in [-0.05, 0) is 5.56 Å². The highest BCUT2D eigenvalue weighted by Crippen LogP contribution is 2.27. The summed E-state index contributed by atoms with van der Waals surface area (Å²) in [6, 6.07) is 18.9. The summed E-state index contributed by atoms with van der Waals surface area (Å²) < 4.78 is 11.1. The molecule has 0 aromatic heterocycles. The summed E-state index contributed by atoms with van der Waals surface area (Å²) in [6.07, 6.45) is 0.683. The fourth-order valence-electron chi connectivity index (χ4n) is 2.63. The van der Waals surface area contributed by atoms with Crippen LogP contribution >= 0.6 is 0 Å². The average Bonchev–Trinajstić information content (AvgIpc) is 3.00. The van der Waals surface area contributed by atoms with E-state index in [2.05, 4.69) is 0 Å². The molecule has 5 heteroatoms. The number of ether oxygens (including phenoxy) is 2. The molecule has 1 amide bonds. The molecule has 5 nitrogen and oxygen atoms in total. The van der Waals surface area contributed by atoms with Crippen molar-refractivity contribution in [3.63, 3.8) is 0 Å². The van der Waals surface area contributed by atoms with E-state index in [1.54, 1.807) is 0 Å². The van der Waals surface area contributed by atoms with E-state index in [1.807, 2.05) is 60.7 Å². The first-order valence-corrected chi connectivity index (χ1v) is 8.03. The Morgan fingerprint density at radius 2 is 1.72 bits per heavy atom. The molecule has 25 heavy (non-hydrogen) atoms. The average molecular weight is 337 g/mol. The number of amides is 1. The molecule has 0 aliphatic carbocycles. The lowest BCUT2D eigenvalue weighted by atomic mass is 10.2. The molecule has 1 aliphatic rings. The van der Waals surface area contributed by atoms with E-state index in [1.165, 1.54) is 17.9 Å². The van der Waals surface area contributed by atoms with E-state index in [0.29, 0.717) is 12.4 Å². The molecule has 1 unspecified atom stereocenters. The first-order chi connectivity index (χ1) is 12.1. The largest absolute Gasteiger partial charge is 0.491 e. The van der Waals surface area contributed by atoms with Crippen molar-refractivity contribution < 1.29 is 19.1 Å². The number of hydrogen-bond donors (Lipinski definition) is 0. The monoisotopic (exact) mass is 337 g/mol. The molecule has 0 saturated heterocycles. The van der Waals surface area contributed by atoms with Crippen LogP contribution < -0.4 is 0 Å². The Morgan fingerprint density at radius 3 is 2.36 bits per heavy atom. The molecule has 0 N–H and O–H groups in total. The van der Waals surface area contributed by atoms with Gasteiger partial charge in [-0.15, -0.1) is 0 Å². The highest BCUT2D eigenvalue weighted by atomic mass is 16.6. The van der Waals surface area contributed by atoms with Crippen LogP contribution in [0.4, 0.5) is 0 Å². The van der Waals surface area contributed by atoms with Crippen LogP contribution in [-0.2, 0) is 25.7 Å². The molecule has 2 aromatic carbocycles. The summed E-state index contributed by atoms with van der Waals surface area (Å²) in [5.74, 6) is -0.125. The van der Waals surface area contributed by atoms with Crippen LogP contribution in [0.1, 0.15) is 24.3 Å². The van der Waals surface area contributed by atoms with Gasteiger partial charge in [0.1, 0.15) is 12.4 Å². The van der Waals surface area contributed by atoms with Crippen molar-refractivity contribution in [2.75, 3.05) is 6.54 Å². The Bertz CT molecular complexity index is 771. The molecule has 0 spiro atoms. The molecule has 0 saturated carbocycles. The van der Waals surface area contributed by atoms with Gasteiger partial charge >= 0.3 is 5.97 Å². The number of carbonyl (C=O) groups is 2. The number of rotatable bonds is 6. The highest BCUT2D eigenvalue weighted by Gasteiger charge is 2.32. The van der Waals surface area contributed by atoms with Crippen LogP contribution in [0, 0.1) is 0 Å². The van der Waals surface area contributed by atoms with Crippen LogP contribution in [0.15, 0.2) is 72.5 Å².